The molecule has 40 heavy (non-hydrogen) atoms. The zero-order valence-electron chi connectivity index (χ0n) is 23.5. The Labute approximate surface area is 234 Å². The van der Waals surface area contributed by atoms with Crippen LogP contribution in [0.25, 0.3) is 22.2 Å². The number of aromatic nitrogens is 2. The Morgan fingerprint density at radius 3 is 2.73 bits per heavy atom. The summed E-state index contributed by atoms with van der Waals surface area (Å²) in [5.41, 5.74) is 7.05. The predicted molar refractivity (Wildman–Crippen MR) is 151 cm³/mol. The van der Waals surface area contributed by atoms with E-state index < -0.39 is 12.1 Å². The van der Waals surface area contributed by atoms with E-state index in [1.54, 1.807) is 0 Å². The number of morpholine rings is 1. The van der Waals surface area contributed by atoms with Gasteiger partial charge in [0.15, 0.2) is 0 Å². The number of fused-ring (bicyclic) bond motifs is 2. The number of rotatable bonds is 6. The molecule has 2 saturated heterocycles. The Morgan fingerprint density at radius 2 is 1.95 bits per heavy atom. The van der Waals surface area contributed by atoms with Crippen LogP contribution in [0.3, 0.4) is 0 Å². The lowest BCUT2D eigenvalue weighted by atomic mass is 9.83. The molecule has 0 saturated carbocycles. The molecule has 0 unspecified atom stereocenters. The van der Waals surface area contributed by atoms with Gasteiger partial charge < -0.3 is 19.6 Å². The predicted octanol–water partition coefficient (Wildman–Crippen LogP) is 4.72. The van der Waals surface area contributed by atoms with E-state index in [4.69, 9.17) is 9.47 Å². The lowest BCUT2D eigenvalue weighted by molar-refractivity contribution is -0.125. The van der Waals surface area contributed by atoms with E-state index in [0.717, 1.165) is 58.2 Å². The first-order valence-corrected chi connectivity index (χ1v) is 14.2. The molecule has 2 atom stereocenters. The number of hydrogen-bond donors (Lipinski definition) is 2. The SMILES string of the molecule is Cc1c[nH]c2ncc(-c3cc4c(c([C@@H]5COCCN5C(=O)O)c3)CN(C(C)(C)CC(=O)[C@H]3CCOC3)CC4)cc12. The third-order valence-electron chi connectivity index (χ3n) is 9.03. The van der Waals surface area contributed by atoms with Gasteiger partial charge in [0, 0.05) is 67.5 Å². The number of Topliss-reactive ketones (excluding diaryl/α,β-unsaturated/α-hetero) is 1. The number of carbonyl (C=O) groups excluding carboxylic acids is 1. The van der Waals surface area contributed by atoms with Crippen molar-refractivity contribution in [3.8, 4) is 11.1 Å². The number of ether oxygens (including phenoxy) is 2. The number of ketones is 1. The number of hydrogen-bond acceptors (Lipinski definition) is 6. The highest BCUT2D eigenvalue weighted by Gasteiger charge is 2.38. The van der Waals surface area contributed by atoms with E-state index in [2.05, 4.69) is 53.8 Å². The zero-order valence-corrected chi connectivity index (χ0v) is 23.5. The molecule has 0 spiro atoms. The van der Waals surface area contributed by atoms with Crippen molar-refractivity contribution in [2.45, 2.75) is 58.2 Å². The third-order valence-corrected chi connectivity index (χ3v) is 9.03. The Balaban J connectivity index is 1.38. The molecule has 6 rings (SSSR count). The van der Waals surface area contributed by atoms with Crippen LogP contribution in [0.15, 0.2) is 30.6 Å². The first-order valence-electron chi connectivity index (χ1n) is 14.2. The van der Waals surface area contributed by atoms with Gasteiger partial charge in [-0.2, -0.15) is 0 Å². The Bertz CT molecular complexity index is 1440. The van der Waals surface area contributed by atoms with Gasteiger partial charge in [0.2, 0.25) is 0 Å². The molecule has 0 radical (unpaired) electrons. The van der Waals surface area contributed by atoms with Crippen molar-refractivity contribution >= 4 is 22.9 Å². The van der Waals surface area contributed by atoms with Crippen LogP contribution in [-0.4, -0.2) is 81.8 Å². The number of nitrogens with one attached hydrogen (secondary N) is 1. The number of H-pyrrole nitrogens is 1. The molecule has 1 amide bonds. The van der Waals surface area contributed by atoms with E-state index in [9.17, 15) is 14.7 Å². The number of benzene rings is 1. The van der Waals surface area contributed by atoms with Crippen molar-refractivity contribution in [2.24, 2.45) is 5.92 Å². The van der Waals surface area contributed by atoms with E-state index in [-0.39, 0.29) is 17.2 Å². The fourth-order valence-electron chi connectivity index (χ4n) is 6.53. The van der Waals surface area contributed by atoms with Crippen LogP contribution >= 0.6 is 0 Å². The standard InChI is InChI=1S/C31H38N4O5/c1-19-14-32-29-24(19)12-23(15-33-29)22-10-20-4-6-34(31(2,3)13-28(36)21-5-8-39-17-21)16-26(20)25(11-22)27-18-40-9-7-35(27)30(37)38/h10-12,14-15,21,27H,4-9,13,16-18H2,1-3H3,(H,32,33)(H,37,38)/t21-,27-/m0/s1. The molecule has 3 aromatic rings. The van der Waals surface area contributed by atoms with Gasteiger partial charge in [-0.15, -0.1) is 0 Å². The van der Waals surface area contributed by atoms with Gasteiger partial charge in [0.25, 0.3) is 0 Å². The second kappa shape index (κ2) is 10.6. The lowest BCUT2D eigenvalue weighted by Crippen LogP contribution is -2.49. The summed E-state index contributed by atoms with van der Waals surface area (Å²) in [7, 11) is 0. The van der Waals surface area contributed by atoms with Crippen molar-refractivity contribution in [2.75, 3.05) is 39.5 Å². The van der Waals surface area contributed by atoms with Crippen molar-refractivity contribution in [1.29, 1.82) is 0 Å². The van der Waals surface area contributed by atoms with E-state index in [1.807, 2.05) is 12.4 Å². The van der Waals surface area contributed by atoms with E-state index in [0.29, 0.717) is 45.9 Å². The first kappa shape index (κ1) is 26.9. The zero-order chi connectivity index (χ0) is 28.0. The highest BCUT2D eigenvalue weighted by molar-refractivity contribution is 5.85. The normalized spacial score (nSPS) is 22.0. The van der Waals surface area contributed by atoms with Crippen molar-refractivity contribution in [3.05, 3.63) is 52.8 Å². The van der Waals surface area contributed by atoms with Crippen LogP contribution in [0.4, 0.5) is 4.79 Å². The van der Waals surface area contributed by atoms with Crippen LogP contribution in [0.2, 0.25) is 0 Å². The largest absolute Gasteiger partial charge is 0.465 e. The van der Waals surface area contributed by atoms with Gasteiger partial charge in [-0.25, -0.2) is 9.78 Å². The Hall–Kier alpha value is -3.27. The van der Waals surface area contributed by atoms with Crippen LogP contribution in [0, 0.1) is 12.8 Å². The summed E-state index contributed by atoms with van der Waals surface area (Å²) in [6, 6.07) is 6.13. The maximum Gasteiger partial charge on any atom is 0.407 e. The number of aromatic amines is 1. The number of aryl methyl sites for hydroxylation is 1. The molecular weight excluding hydrogens is 508 g/mol. The first-order chi connectivity index (χ1) is 19.2. The maximum absolute atomic E-state index is 13.1. The van der Waals surface area contributed by atoms with Crippen molar-refractivity contribution in [3.63, 3.8) is 0 Å². The quantitative estimate of drug-likeness (QED) is 0.461. The number of carbonyl (C=O) groups is 2. The van der Waals surface area contributed by atoms with Crippen LogP contribution in [0.1, 0.15) is 55.0 Å². The summed E-state index contributed by atoms with van der Waals surface area (Å²) in [6.07, 6.45) is 5.01. The monoisotopic (exact) mass is 546 g/mol. The van der Waals surface area contributed by atoms with Crippen molar-refractivity contribution in [1.82, 2.24) is 19.8 Å². The minimum atomic E-state index is -0.934. The highest BCUT2D eigenvalue weighted by Crippen LogP contribution is 2.39. The van der Waals surface area contributed by atoms with Gasteiger partial charge in [0.05, 0.1) is 25.9 Å². The molecule has 3 aliphatic heterocycles. The molecule has 0 bridgehead atoms. The molecule has 9 heteroatoms. The summed E-state index contributed by atoms with van der Waals surface area (Å²) < 4.78 is 11.3. The average molecular weight is 547 g/mol. The molecule has 9 nitrogen and oxygen atoms in total. The average Bonchev–Trinajstić information content (AvgIpc) is 3.62. The minimum Gasteiger partial charge on any atom is -0.465 e. The molecule has 5 heterocycles. The van der Waals surface area contributed by atoms with Gasteiger partial charge in [-0.05, 0) is 73.6 Å². The second-order valence-corrected chi connectivity index (χ2v) is 12.0. The number of amides is 1. The van der Waals surface area contributed by atoms with Crippen LogP contribution in [0.5, 0.6) is 0 Å². The van der Waals surface area contributed by atoms with E-state index >= 15 is 0 Å². The summed E-state index contributed by atoms with van der Waals surface area (Å²) in [6.45, 7) is 10.1. The molecule has 0 aliphatic carbocycles. The molecule has 212 valence electrons. The fourth-order valence-corrected chi connectivity index (χ4v) is 6.53. The summed E-state index contributed by atoms with van der Waals surface area (Å²) in [4.78, 5) is 37.1. The Morgan fingerprint density at radius 1 is 1.12 bits per heavy atom. The molecule has 1 aromatic carbocycles. The smallest absolute Gasteiger partial charge is 0.407 e. The maximum atomic E-state index is 13.1. The summed E-state index contributed by atoms with van der Waals surface area (Å²) in [5.74, 6) is 0.261. The van der Waals surface area contributed by atoms with Gasteiger partial charge in [-0.1, -0.05) is 6.07 Å². The van der Waals surface area contributed by atoms with E-state index in [1.165, 1.54) is 10.5 Å². The minimum absolute atomic E-state index is 0.00686. The van der Waals surface area contributed by atoms with Crippen LogP contribution < -0.4 is 0 Å². The number of nitrogens with zero attached hydrogens (tertiary/aromatic N) is 3. The van der Waals surface area contributed by atoms with Gasteiger partial charge in [0.1, 0.15) is 11.4 Å². The summed E-state index contributed by atoms with van der Waals surface area (Å²) in [5, 5.41) is 11.1. The van der Waals surface area contributed by atoms with Gasteiger partial charge >= 0.3 is 6.09 Å². The molecule has 2 N–H and O–H groups in total. The number of carboxylic acid groups (broad SMARTS) is 1. The fraction of sp³-hybridized carbons (Fsp3) is 0.516. The molecule has 2 fully saturated rings. The Kier molecular flexibility index (Phi) is 7.14. The number of pyridine rings is 1. The third kappa shape index (κ3) is 5.02. The molecule has 3 aliphatic rings. The van der Waals surface area contributed by atoms with Crippen molar-refractivity contribution < 1.29 is 24.2 Å². The molecular formula is C31H38N4O5. The second-order valence-electron chi connectivity index (χ2n) is 12.0. The topological polar surface area (TPSA) is 108 Å². The van der Waals surface area contributed by atoms with Crippen LogP contribution in [-0.2, 0) is 27.2 Å². The highest BCUT2D eigenvalue weighted by atomic mass is 16.5. The lowest BCUT2D eigenvalue weighted by Gasteiger charge is -2.43. The van der Waals surface area contributed by atoms with Gasteiger partial charge in [-0.3, -0.25) is 14.6 Å². The molecule has 2 aromatic heterocycles. The summed E-state index contributed by atoms with van der Waals surface area (Å²) >= 11 is 0.